The number of rotatable bonds is 6. The van der Waals surface area contributed by atoms with Gasteiger partial charge in [0.2, 0.25) is 0 Å². The second kappa shape index (κ2) is 5.87. The highest BCUT2D eigenvalue weighted by molar-refractivity contribution is 5.87. The van der Waals surface area contributed by atoms with Crippen molar-refractivity contribution in [2.24, 2.45) is 0 Å². The zero-order valence-electron chi connectivity index (χ0n) is 10.6. The highest BCUT2D eigenvalue weighted by Crippen LogP contribution is 2.23. The van der Waals surface area contributed by atoms with Gasteiger partial charge in [-0.25, -0.2) is 4.79 Å². The predicted molar refractivity (Wildman–Crippen MR) is 69.2 cm³/mol. The van der Waals surface area contributed by atoms with E-state index in [0.29, 0.717) is 6.61 Å². The monoisotopic (exact) mass is 249 g/mol. The summed E-state index contributed by atoms with van der Waals surface area (Å²) in [5.41, 5.74) is 0.286. The van der Waals surface area contributed by atoms with Crippen LogP contribution in [-0.2, 0) is 0 Å². The minimum Gasteiger partial charge on any atom is -0.492 e. The Hall–Kier alpha value is -1.55. The molecule has 1 aliphatic rings. The normalized spacial score (nSPS) is 15.4. The molecule has 0 bridgehead atoms. The number of hydrogen-bond acceptors (Lipinski definition) is 3. The van der Waals surface area contributed by atoms with Gasteiger partial charge in [0.25, 0.3) is 0 Å². The predicted octanol–water partition coefficient (Wildman–Crippen LogP) is 2.25. The van der Waals surface area contributed by atoms with Gasteiger partial charge in [0.05, 0.1) is 5.56 Å². The average Bonchev–Trinajstić information content (AvgIpc) is 2.27. The SMILES string of the molecule is CN(CCOc1ccc(C(=O)O)cc1)C1CCC1. The summed E-state index contributed by atoms with van der Waals surface area (Å²) >= 11 is 0. The number of carbonyl (C=O) groups is 1. The number of carboxylic acid groups (broad SMARTS) is 1. The number of hydrogen-bond donors (Lipinski definition) is 1. The molecule has 0 aliphatic heterocycles. The quantitative estimate of drug-likeness (QED) is 0.840. The van der Waals surface area contributed by atoms with Crippen LogP contribution in [0.4, 0.5) is 0 Å². The van der Waals surface area contributed by atoms with Crippen molar-refractivity contribution in [2.75, 3.05) is 20.2 Å². The lowest BCUT2D eigenvalue weighted by Crippen LogP contribution is -2.39. The summed E-state index contributed by atoms with van der Waals surface area (Å²) in [6.45, 7) is 1.55. The van der Waals surface area contributed by atoms with E-state index in [-0.39, 0.29) is 5.56 Å². The standard InChI is InChI=1S/C14H19NO3/c1-15(12-3-2-4-12)9-10-18-13-7-5-11(6-8-13)14(16)17/h5-8,12H,2-4,9-10H2,1H3,(H,16,17). The summed E-state index contributed by atoms with van der Waals surface area (Å²) < 4.78 is 5.60. The van der Waals surface area contributed by atoms with Crippen LogP contribution in [0.5, 0.6) is 5.75 Å². The minimum absolute atomic E-state index is 0.286. The highest BCUT2D eigenvalue weighted by Gasteiger charge is 2.21. The molecule has 1 aliphatic carbocycles. The maximum absolute atomic E-state index is 10.7. The van der Waals surface area contributed by atoms with Gasteiger partial charge in [0.1, 0.15) is 12.4 Å². The Balaban J connectivity index is 1.74. The van der Waals surface area contributed by atoms with Gasteiger partial charge in [-0.05, 0) is 44.2 Å². The zero-order valence-corrected chi connectivity index (χ0v) is 10.6. The van der Waals surface area contributed by atoms with Gasteiger partial charge in [-0.1, -0.05) is 6.42 Å². The first-order chi connectivity index (χ1) is 8.66. The molecule has 1 N–H and O–H groups in total. The van der Waals surface area contributed by atoms with Crippen LogP contribution in [0, 0.1) is 0 Å². The lowest BCUT2D eigenvalue weighted by Gasteiger charge is -2.34. The lowest BCUT2D eigenvalue weighted by molar-refractivity contribution is 0.0697. The summed E-state index contributed by atoms with van der Waals surface area (Å²) in [5, 5.41) is 8.77. The van der Waals surface area contributed by atoms with Crippen molar-refractivity contribution in [1.82, 2.24) is 4.90 Å². The van der Waals surface area contributed by atoms with Crippen LogP contribution in [0.1, 0.15) is 29.6 Å². The third kappa shape index (κ3) is 3.23. The molecule has 0 amide bonds. The van der Waals surface area contributed by atoms with Crippen LogP contribution in [-0.4, -0.2) is 42.2 Å². The molecule has 18 heavy (non-hydrogen) atoms. The fourth-order valence-corrected chi connectivity index (χ4v) is 2.01. The summed E-state index contributed by atoms with van der Waals surface area (Å²) in [6, 6.07) is 7.25. The molecular formula is C14H19NO3. The van der Waals surface area contributed by atoms with E-state index in [1.807, 2.05) is 0 Å². The van der Waals surface area contributed by atoms with Crippen molar-refractivity contribution in [3.63, 3.8) is 0 Å². The molecule has 2 rings (SSSR count). The van der Waals surface area contributed by atoms with E-state index in [4.69, 9.17) is 9.84 Å². The van der Waals surface area contributed by atoms with Crippen molar-refractivity contribution in [2.45, 2.75) is 25.3 Å². The van der Waals surface area contributed by atoms with Gasteiger partial charge in [-0.3, -0.25) is 0 Å². The Morgan fingerprint density at radius 3 is 2.56 bits per heavy atom. The Bertz CT molecular complexity index is 398. The molecular weight excluding hydrogens is 230 g/mol. The second-order valence-corrected chi connectivity index (χ2v) is 4.74. The number of aromatic carboxylic acids is 1. The van der Waals surface area contributed by atoms with E-state index in [1.165, 1.54) is 19.3 Å². The fraction of sp³-hybridized carbons (Fsp3) is 0.500. The van der Waals surface area contributed by atoms with Gasteiger partial charge in [0.15, 0.2) is 0 Å². The Kier molecular flexibility index (Phi) is 4.20. The van der Waals surface area contributed by atoms with Gasteiger partial charge >= 0.3 is 5.97 Å². The van der Waals surface area contributed by atoms with E-state index >= 15 is 0 Å². The Morgan fingerprint density at radius 2 is 2.06 bits per heavy atom. The van der Waals surface area contributed by atoms with Crippen molar-refractivity contribution in [3.05, 3.63) is 29.8 Å². The van der Waals surface area contributed by atoms with Gasteiger partial charge in [0, 0.05) is 12.6 Å². The van der Waals surface area contributed by atoms with Crippen LogP contribution in [0.3, 0.4) is 0 Å². The average molecular weight is 249 g/mol. The van der Waals surface area contributed by atoms with Gasteiger partial charge < -0.3 is 14.7 Å². The van der Waals surface area contributed by atoms with E-state index in [2.05, 4.69) is 11.9 Å². The number of benzene rings is 1. The molecule has 0 saturated heterocycles. The highest BCUT2D eigenvalue weighted by atomic mass is 16.5. The van der Waals surface area contributed by atoms with E-state index in [0.717, 1.165) is 18.3 Å². The summed E-state index contributed by atoms with van der Waals surface area (Å²) in [5.74, 6) is -0.187. The van der Waals surface area contributed by atoms with Crippen LogP contribution >= 0.6 is 0 Å². The summed E-state index contributed by atoms with van der Waals surface area (Å²) in [7, 11) is 2.13. The number of nitrogens with zero attached hydrogens (tertiary/aromatic N) is 1. The van der Waals surface area contributed by atoms with Crippen molar-refractivity contribution in [1.29, 1.82) is 0 Å². The van der Waals surface area contributed by atoms with Gasteiger partial charge in [-0.2, -0.15) is 0 Å². The molecule has 4 nitrogen and oxygen atoms in total. The molecule has 1 aromatic carbocycles. The minimum atomic E-state index is -0.911. The van der Waals surface area contributed by atoms with Gasteiger partial charge in [-0.15, -0.1) is 0 Å². The maximum Gasteiger partial charge on any atom is 0.335 e. The molecule has 1 fully saturated rings. The molecule has 0 heterocycles. The number of likely N-dealkylation sites (N-methyl/N-ethyl adjacent to an activating group) is 1. The largest absolute Gasteiger partial charge is 0.492 e. The lowest BCUT2D eigenvalue weighted by atomic mass is 9.92. The Labute approximate surface area is 107 Å². The van der Waals surface area contributed by atoms with E-state index in [1.54, 1.807) is 24.3 Å². The zero-order chi connectivity index (χ0) is 13.0. The van der Waals surface area contributed by atoms with Crippen molar-refractivity contribution >= 4 is 5.97 Å². The maximum atomic E-state index is 10.7. The molecule has 98 valence electrons. The van der Waals surface area contributed by atoms with Crippen molar-refractivity contribution < 1.29 is 14.6 Å². The number of ether oxygens (including phenoxy) is 1. The van der Waals surface area contributed by atoms with E-state index < -0.39 is 5.97 Å². The molecule has 1 saturated carbocycles. The molecule has 0 aromatic heterocycles. The van der Waals surface area contributed by atoms with E-state index in [9.17, 15) is 4.79 Å². The molecule has 0 atom stereocenters. The van der Waals surface area contributed by atoms with Crippen LogP contribution < -0.4 is 4.74 Å². The molecule has 0 unspecified atom stereocenters. The second-order valence-electron chi connectivity index (χ2n) is 4.74. The number of carboxylic acids is 1. The topological polar surface area (TPSA) is 49.8 Å². The molecule has 1 aromatic rings. The third-order valence-corrected chi connectivity index (χ3v) is 3.51. The smallest absolute Gasteiger partial charge is 0.335 e. The summed E-state index contributed by atoms with van der Waals surface area (Å²) in [4.78, 5) is 13.0. The third-order valence-electron chi connectivity index (χ3n) is 3.51. The first kappa shape index (κ1) is 12.9. The molecule has 0 radical (unpaired) electrons. The van der Waals surface area contributed by atoms with Crippen LogP contribution in [0.25, 0.3) is 0 Å². The Morgan fingerprint density at radius 1 is 1.39 bits per heavy atom. The first-order valence-electron chi connectivity index (χ1n) is 6.33. The molecule has 4 heteroatoms. The fourth-order valence-electron chi connectivity index (χ4n) is 2.01. The molecule has 0 spiro atoms. The first-order valence-corrected chi connectivity index (χ1v) is 6.33. The van der Waals surface area contributed by atoms with Crippen LogP contribution in [0.2, 0.25) is 0 Å². The van der Waals surface area contributed by atoms with Crippen molar-refractivity contribution in [3.8, 4) is 5.75 Å². The van der Waals surface area contributed by atoms with Crippen LogP contribution in [0.15, 0.2) is 24.3 Å². The summed E-state index contributed by atoms with van der Waals surface area (Å²) in [6.07, 6.45) is 3.93.